The molecule has 0 saturated carbocycles. The molecular weight excluding hydrogens is 320 g/mol. The highest BCUT2D eigenvalue weighted by molar-refractivity contribution is 5.74. The number of hydrogen-bond acceptors (Lipinski definition) is 3. The van der Waals surface area contributed by atoms with Gasteiger partial charge in [-0.2, -0.15) is 5.10 Å². The van der Waals surface area contributed by atoms with Crippen LogP contribution < -0.4 is 4.90 Å². The number of aromatic nitrogens is 2. The highest BCUT2D eigenvalue weighted by Gasteiger charge is 2.26. The molecule has 1 aromatic heterocycles. The van der Waals surface area contributed by atoms with Crippen molar-refractivity contribution in [3.8, 4) is 11.3 Å². The van der Waals surface area contributed by atoms with Crippen LogP contribution in [0.1, 0.15) is 16.7 Å². The fourth-order valence-corrected chi connectivity index (χ4v) is 4.28. The molecule has 4 heteroatoms. The maximum absolute atomic E-state index is 4.71. The average molecular weight is 344 g/mol. The lowest BCUT2D eigenvalue weighted by Crippen LogP contribution is -2.46. The van der Waals surface area contributed by atoms with Crippen molar-refractivity contribution in [2.45, 2.75) is 19.4 Å². The van der Waals surface area contributed by atoms with Gasteiger partial charge in [-0.05, 0) is 24.0 Å². The topological polar surface area (TPSA) is 35.2 Å². The summed E-state index contributed by atoms with van der Waals surface area (Å²) in [5.41, 5.74) is 6.79. The molecule has 1 aliphatic heterocycles. The Balaban J connectivity index is 1.30. The van der Waals surface area contributed by atoms with Gasteiger partial charge in [-0.3, -0.25) is 10.00 Å². The number of nitrogens with one attached hydrogen (secondary N) is 1. The third kappa shape index (κ3) is 2.80. The molecular formula is C22H24N4. The molecule has 0 amide bonds. The first kappa shape index (κ1) is 15.6. The van der Waals surface area contributed by atoms with E-state index in [1.165, 1.54) is 33.8 Å². The first-order valence-corrected chi connectivity index (χ1v) is 9.55. The second kappa shape index (κ2) is 6.61. The van der Waals surface area contributed by atoms with Crippen molar-refractivity contribution in [2.24, 2.45) is 0 Å². The van der Waals surface area contributed by atoms with Crippen LogP contribution in [0.25, 0.3) is 11.3 Å². The smallest absolute Gasteiger partial charge is 0.154 e. The molecule has 0 radical (unpaired) electrons. The van der Waals surface area contributed by atoms with Crippen LogP contribution in [0.4, 0.5) is 5.82 Å². The summed E-state index contributed by atoms with van der Waals surface area (Å²) in [7, 11) is 0. The van der Waals surface area contributed by atoms with Gasteiger partial charge in [0.05, 0.1) is 5.69 Å². The fraction of sp³-hybridized carbons (Fsp3) is 0.318. The van der Waals surface area contributed by atoms with E-state index in [9.17, 15) is 0 Å². The van der Waals surface area contributed by atoms with Gasteiger partial charge in [-0.1, -0.05) is 54.6 Å². The maximum atomic E-state index is 4.71. The summed E-state index contributed by atoms with van der Waals surface area (Å²) in [4.78, 5) is 5.00. The molecule has 0 spiro atoms. The second-order valence-corrected chi connectivity index (χ2v) is 7.31. The SMILES string of the molecule is c1ccc(CN2CCN(c3n[nH]c4c3CCc3ccccc3-4)CC2)cc1. The molecule has 1 fully saturated rings. The maximum Gasteiger partial charge on any atom is 0.154 e. The minimum atomic E-state index is 1.04. The summed E-state index contributed by atoms with van der Waals surface area (Å²) >= 11 is 0. The van der Waals surface area contributed by atoms with Crippen molar-refractivity contribution in [1.82, 2.24) is 15.1 Å². The number of benzene rings is 2. The Bertz CT molecular complexity index is 892. The minimum Gasteiger partial charge on any atom is -0.352 e. The van der Waals surface area contributed by atoms with Crippen molar-refractivity contribution in [3.05, 3.63) is 71.3 Å². The zero-order chi connectivity index (χ0) is 17.3. The molecule has 0 unspecified atom stereocenters. The van der Waals surface area contributed by atoms with E-state index in [2.05, 4.69) is 69.5 Å². The van der Waals surface area contributed by atoms with Gasteiger partial charge in [0, 0.05) is 43.9 Å². The van der Waals surface area contributed by atoms with Gasteiger partial charge in [-0.15, -0.1) is 0 Å². The number of fused-ring (bicyclic) bond motifs is 3. The quantitative estimate of drug-likeness (QED) is 0.790. The summed E-state index contributed by atoms with van der Waals surface area (Å²) in [5.74, 6) is 1.17. The molecule has 1 aliphatic carbocycles. The normalized spacial score (nSPS) is 17.0. The summed E-state index contributed by atoms with van der Waals surface area (Å²) in [6.07, 6.45) is 2.20. The van der Waals surface area contributed by atoms with Crippen LogP contribution in [-0.4, -0.2) is 41.3 Å². The van der Waals surface area contributed by atoms with Crippen molar-refractivity contribution < 1.29 is 0 Å². The molecule has 132 valence electrons. The first-order chi connectivity index (χ1) is 12.9. The molecule has 2 heterocycles. The molecule has 0 atom stereocenters. The van der Waals surface area contributed by atoms with Crippen molar-refractivity contribution >= 4 is 5.82 Å². The summed E-state index contributed by atoms with van der Waals surface area (Å²) in [6, 6.07) is 19.5. The van der Waals surface area contributed by atoms with E-state index < -0.39 is 0 Å². The van der Waals surface area contributed by atoms with Crippen LogP contribution in [0.3, 0.4) is 0 Å². The van der Waals surface area contributed by atoms with Gasteiger partial charge in [-0.25, -0.2) is 0 Å². The van der Waals surface area contributed by atoms with Gasteiger partial charge in [0.15, 0.2) is 5.82 Å². The fourth-order valence-electron chi connectivity index (χ4n) is 4.28. The number of anilines is 1. The van der Waals surface area contributed by atoms with E-state index in [1.807, 2.05) is 0 Å². The lowest BCUT2D eigenvalue weighted by atomic mass is 9.90. The number of aromatic amines is 1. The Labute approximate surface area is 154 Å². The van der Waals surface area contributed by atoms with Crippen LogP contribution in [0.5, 0.6) is 0 Å². The van der Waals surface area contributed by atoms with E-state index >= 15 is 0 Å². The molecule has 26 heavy (non-hydrogen) atoms. The second-order valence-electron chi connectivity index (χ2n) is 7.31. The van der Waals surface area contributed by atoms with Gasteiger partial charge in [0.1, 0.15) is 0 Å². The molecule has 2 aromatic carbocycles. The van der Waals surface area contributed by atoms with E-state index in [0.717, 1.165) is 45.6 Å². The zero-order valence-corrected chi connectivity index (χ0v) is 15.0. The molecule has 1 saturated heterocycles. The Hall–Kier alpha value is -2.59. The predicted octanol–water partition coefficient (Wildman–Crippen LogP) is 3.50. The Morgan fingerprint density at radius 1 is 0.846 bits per heavy atom. The third-order valence-electron chi connectivity index (χ3n) is 5.70. The molecule has 3 aromatic rings. The molecule has 2 aliphatic rings. The Morgan fingerprint density at radius 3 is 2.46 bits per heavy atom. The zero-order valence-electron chi connectivity index (χ0n) is 15.0. The van der Waals surface area contributed by atoms with Crippen LogP contribution in [0.2, 0.25) is 0 Å². The number of rotatable bonds is 3. The first-order valence-electron chi connectivity index (χ1n) is 9.55. The molecule has 4 nitrogen and oxygen atoms in total. The highest BCUT2D eigenvalue weighted by Crippen LogP contribution is 2.36. The Kier molecular flexibility index (Phi) is 3.98. The monoisotopic (exact) mass is 344 g/mol. The number of piperazine rings is 1. The molecule has 5 rings (SSSR count). The molecule has 1 N–H and O–H groups in total. The largest absolute Gasteiger partial charge is 0.352 e. The number of aryl methyl sites for hydroxylation is 1. The standard InChI is InChI=1S/C22H24N4/c1-2-6-17(7-3-1)16-25-12-14-26(15-13-25)22-20-11-10-18-8-4-5-9-19(18)21(20)23-24-22/h1-9H,10-16H2,(H,23,24). The average Bonchev–Trinajstić information content (AvgIpc) is 3.14. The van der Waals surface area contributed by atoms with E-state index in [1.54, 1.807) is 0 Å². The van der Waals surface area contributed by atoms with Gasteiger partial charge < -0.3 is 4.90 Å². The number of nitrogens with zero attached hydrogens (tertiary/aromatic N) is 3. The summed E-state index contributed by atoms with van der Waals surface area (Å²) < 4.78 is 0. The van der Waals surface area contributed by atoms with Gasteiger partial charge in [0.2, 0.25) is 0 Å². The Morgan fingerprint density at radius 2 is 1.62 bits per heavy atom. The van der Waals surface area contributed by atoms with E-state index in [4.69, 9.17) is 5.10 Å². The lowest BCUT2D eigenvalue weighted by Gasteiger charge is -2.35. The predicted molar refractivity (Wildman–Crippen MR) is 105 cm³/mol. The highest BCUT2D eigenvalue weighted by atomic mass is 15.3. The van der Waals surface area contributed by atoms with Gasteiger partial charge in [0.25, 0.3) is 0 Å². The van der Waals surface area contributed by atoms with E-state index in [-0.39, 0.29) is 0 Å². The van der Waals surface area contributed by atoms with Crippen LogP contribution in [-0.2, 0) is 19.4 Å². The summed E-state index contributed by atoms with van der Waals surface area (Å²) in [6.45, 7) is 5.32. The number of hydrogen-bond donors (Lipinski definition) is 1. The van der Waals surface area contributed by atoms with Crippen LogP contribution in [0, 0.1) is 0 Å². The van der Waals surface area contributed by atoms with Crippen LogP contribution >= 0.6 is 0 Å². The van der Waals surface area contributed by atoms with E-state index in [0.29, 0.717) is 0 Å². The minimum absolute atomic E-state index is 1.04. The lowest BCUT2D eigenvalue weighted by molar-refractivity contribution is 0.249. The number of H-pyrrole nitrogens is 1. The van der Waals surface area contributed by atoms with Crippen molar-refractivity contribution in [1.29, 1.82) is 0 Å². The summed E-state index contributed by atoms with van der Waals surface area (Å²) in [5, 5.41) is 8.04. The van der Waals surface area contributed by atoms with Gasteiger partial charge >= 0.3 is 0 Å². The van der Waals surface area contributed by atoms with Crippen molar-refractivity contribution in [3.63, 3.8) is 0 Å². The third-order valence-corrected chi connectivity index (χ3v) is 5.70. The van der Waals surface area contributed by atoms with Crippen molar-refractivity contribution in [2.75, 3.05) is 31.1 Å². The molecule has 0 bridgehead atoms. The van der Waals surface area contributed by atoms with Crippen LogP contribution in [0.15, 0.2) is 54.6 Å².